The van der Waals surface area contributed by atoms with E-state index < -0.39 is 0 Å². The molecule has 0 aliphatic heterocycles. The van der Waals surface area contributed by atoms with E-state index in [0.717, 1.165) is 16.3 Å². The molecule has 7 heteroatoms. The van der Waals surface area contributed by atoms with Crippen molar-refractivity contribution in [2.24, 2.45) is 0 Å². The average molecular weight is 362 g/mol. The van der Waals surface area contributed by atoms with Crippen molar-refractivity contribution in [1.29, 1.82) is 0 Å². The second-order valence-corrected chi connectivity index (χ2v) is 6.52. The van der Waals surface area contributed by atoms with Crippen molar-refractivity contribution in [3.8, 4) is 10.8 Å². The maximum absolute atomic E-state index is 11.9. The second-order valence-electron chi connectivity index (χ2n) is 5.14. The average Bonchev–Trinajstić information content (AvgIpc) is 3.17. The molecule has 2 N–H and O–H groups in total. The minimum atomic E-state index is -0.281. The molecular weight excluding hydrogens is 346 g/mol. The highest BCUT2D eigenvalue weighted by molar-refractivity contribution is 7.13. The molecular formula is C17H16ClN3O2S. The van der Waals surface area contributed by atoms with Gasteiger partial charge in [0.2, 0.25) is 5.89 Å². The molecule has 124 valence electrons. The fourth-order valence-corrected chi connectivity index (χ4v) is 3.04. The van der Waals surface area contributed by atoms with Gasteiger partial charge in [-0.2, -0.15) is 0 Å². The number of rotatable bonds is 5. The zero-order chi connectivity index (χ0) is 16.9. The third kappa shape index (κ3) is 4.15. The zero-order valence-electron chi connectivity index (χ0n) is 13.0. The first-order chi connectivity index (χ1) is 11.6. The number of amides is 2. The summed E-state index contributed by atoms with van der Waals surface area (Å²) in [6, 6.07) is 10.6. The molecule has 0 aliphatic rings. The number of nitrogens with one attached hydrogen (secondary N) is 2. The number of carbonyl (C=O) groups excluding carboxylic acids is 1. The van der Waals surface area contributed by atoms with Crippen LogP contribution < -0.4 is 10.6 Å². The fourth-order valence-electron chi connectivity index (χ4n) is 2.20. The maximum atomic E-state index is 11.9. The summed E-state index contributed by atoms with van der Waals surface area (Å²) in [6.07, 6.45) is 0.601. The summed E-state index contributed by atoms with van der Waals surface area (Å²) >= 11 is 7.47. The van der Waals surface area contributed by atoms with Crippen LogP contribution in [0.25, 0.3) is 10.8 Å². The van der Waals surface area contributed by atoms with Gasteiger partial charge in [-0.15, -0.1) is 11.3 Å². The molecule has 0 bridgehead atoms. The standard InChI is InChI=1S/C17H16ClN3O2S/c1-11-14(21-16(23-11)15-6-3-9-24-15)7-8-19-17(22)20-13-5-2-4-12(18)10-13/h2-6,9-10H,7-8H2,1H3,(H2,19,20,22). The summed E-state index contributed by atoms with van der Waals surface area (Å²) in [4.78, 5) is 17.4. The van der Waals surface area contributed by atoms with Crippen LogP contribution in [0.5, 0.6) is 0 Å². The highest BCUT2D eigenvalue weighted by Crippen LogP contribution is 2.25. The van der Waals surface area contributed by atoms with Crippen LogP contribution in [-0.2, 0) is 6.42 Å². The van der Waals surface area contributed by atoms with Crippen LogP contribution in [0.1, 0.15) is 11.5 Å². The quantitative estimate of drug-likeness (QED) is 0.690. The summed E-state index contributed by atoms with van der Waals surface area (Å²) in [5.41, 5.74) is 1.50. The number of benzene rings is 1. The smallest absolute Gasteiger partial charge is 0.319 e. The van der Waals surface area contributed by atoms with Crippen molar-refractivity contribution in [1.82, 2.24) is 10.3 Å². The summed E-state index contributed by atoms with van der Waals surface area (Å²) in [5, 5.41) is 8.09. The van der Waals surface area contributed by atoms with Crippen molar-refractivity contribution in [2.75, 3.05) is 11.9 Å². The number of carbonyl (C=O) groups is 1. The van der Waals surface area contributed by atoms with Crippen LogP contribution in [-0.4, -0.2) is 17.6 Å². The number of aryl methyl sites for hydroxylation is 1. The van der Waals surface area contributed by atoms with E-state index in [0.29, 0.717) is 29.6 Å². The molecule has 2 heterocycles. The van der Waals surface area contributed by atoms with Gasteiger partial charge in [0, 0.05) is 23.7 Å². The number of halogens is 1. The Morgan fingerprint density at radius 2 is 2.21 bits per heavy atom. The van der Waals surface area contributed by atoms with E-state index in [1.54, 1.807) is 35.6 Å². The van der Waals surface area contributed by atoms with Crippen LogP contribution in [0.2, 0.25) is 5.02 Å². The Kier molecular flexibility index (Phi) is 5.17. The molecule has 5 nitrogen and oxygen atoms in total. The van der Waals surface area contributed by atoms with E-state index in [-0.39, 0.29) is 6.03 Å². The van der Waals surface area contributed by atoms with Gasteiger partial charge in [0.25, 0.3) is 0 Å². The van der Waals surface area contributed by atoms with Gasteiger partial charge in [0.1, 0.15) is 5.76 Å². The van der Waals surface area contributed by atoms with Gasteiger partial charge in [0.15, 0.2) is 0 Å². The summed E-state index contributed by atoms with van der Waals surface area (Å²) in [7, 11) is 0. The SMILES string of the molecule is Cc1oc(-c2cccs2)nc1CCNC(=O)Nc1cccc(Cl)c1. The summed E-state index contributed by atoms with van der Waals surface area (Å²) in [6.45, 7) is 2.34. The topological polar surface area (TPSA) is 67.2 Å². The van der Waals surface area contributed by atoms with Crippen molar-refractivity contribution < 1.29 is 9.21 Å². The van der Waals surface area contributed by atoms with Crippen LogP contribution in [0.15, 0.2) is 46.2 Å². The molecule has 2 amide bonds. The van der Waals surface area contributed by atoms with Crippen molar-refractivity contribution in [3.63, 3.8) is 0 Å². The Balaban J connectivity index is 1.52. The number of urea groups is 1. The molecule has 0 spiro atoms. The van der Waals surface area contributed by atoms with Crippen LogP contribution in [0, 0.1) is 6.92 Å². The number of nitrogens with zero attached hydrogens (tertiary/aromatic N) is 1. The molecule has 2 aromatic heterocycles. The lowest BCUT2D eigenvalue weighted by atomic mass is 10.3. The van der Waals surface area contributed by atoms with Crippen LogP contribution in [0.3, 0.4) is 0 Å². The molecule has 0 aliphatic carbocycles. The van der Waals surface area contributed by atoms with Gasteiger partial charge in [-0.1, -0.05) is 23.7 Å². The van der Waals surface area contributed by atoms with E-state index >= 15 is 0 Å². The highest BCUT2D eigenvalue weighted by atomic mass is 35.5. The maximum Gasteiger partial charge on any atom is 0.319 e. The summed E-state index contributed by atoms with van der Waals surface area (Å²) in [5.74, 6) is 1.40. The zero-order valence-corrected chi connectivity index (χ0v) is 14.6. The first-order valence-corrected chi connectivity index (χ1v) is 8.68. The molecule has 24 heavy (non-hydrogen) atoms. The van der Waals surface area contributed by atoms with Gasteiger partial charge in [0.05, 0.1) is 10.6 Å². The molecule has 1 aromatic carbocycles. The second kappa shape index (κ2) is 7.51. The number of thiophene rings is 1. The number of anilines is 1. The molecule has 3 rings (SSSR count). The van der Waals surface area contributed by atoms with Crippen molar-refractivity contribution >= 4 is 34.7 Å². The first-order valence-electron chi connectivity index (χ1n) is 7.42. The van der Waals surface area contributed by atoms with E-state index in [9.17, 15) is 4.79 Å². The lowest BCUT2D eigenvalue weighted by molar-refractivity contribution is 0.252. The van der Waals surface area contributed by atoms with Crippen LogP contribution >= 0.6 is 22.9 Å². The molecule has 0 unspecified atom stereocenters. The molecule has 0 radical (unpaired) electrons. The van der Waals surface area contributed by atoms with Crippen molar-refractivity contribution in [3.05, 3.63) is 58.3 Å². The third-order valence-electron chi connectivity index (χ3n) is 3.35. The Hall–Kier alpha value is -2.31. The highest BCUT2D eigenvalue weighted by Gasteiger charge is 2.12. The Bertz CT molecular complexity index is 830. The van der Waals surface area contributed by atoms with Gasteiger partial charge in [-0.25, -0.2) is 9.78 Å². The first kappa shape index (κ1) is 16.5. The lowest BCUT2D eigenvalue weighted by Crippen LogP contribution is -2.30. The predicted octanol–water partition coefficient (Wildman–Crippen LogP) is 4.73. The van der Waals surface area contributed by atoms with E-state index in [2.05, 4.69) is 15.6 Å². The monoisotopic (exact) mass is 361 g/mol. The molecule has 3 aromatic rings. The Morgan fingerprint density at radius 1 is 1.33 bits per heavy atom. The number of aromatic nitrogens is 1. The lowest BCUT2D eigenvalue weighted by Gasteiger charge is -2.07. The van der Waals surface area contributed by atoms with Crippen molar-refractivity contribution in [2.45, 2.75) is 13.3 Å². The Labute approximate surface area is 148 Å². The minimum absolute atomic E-state index is 0.281. The van der Waals surface area contributed by atoms with E-state index in [1.165, 1.54) is 0 Å². The Morgan fingerprint density at radius 3 is 2.96 bits per heavy atom. The molecule has 0 saturated carbocycles. The third-order valence-corrected chi connectivity index (χ3v) is 4.45. The summed E-state index contributed by atoms with van der Waals surface area (Å²) < 4.78 is 5.68. The van der Waals surface area contributed by atoms with Gasteiger partial charge >= 0.3 is 6.03 Å². The van der Waals surface area contributed by atoms with E-state index in [4.69, 9.17) is 16.0 Å². The van der Waals surface area contributed by atoms with Crippen LogP contribution in [0.4, 0.5) is 10.5 Å². The van der Waals surface area contributed by atoms with Gasteiger partial charge in [-0.3, -0.25) is 0 Å². The molecule has 0 atom stereocenters. The molecule has 0 fully saturated rings. The van der Waals surface area contributed by atoms with Gasteiger partial charge in [-0.05, 0) is 36.6 Å². The van der Waals surface area contributed by atoms with E-state index in [1.807, 2.05) is 24.4 Å². The number of oxazole rings is 1. The van der Waals surface area contributed by atoms with Gasteiger partial charge < -0.3 is 15.1 Å². The molecule has 0 saturated heterocycles. The number of hydrogen-bond donors (Lipinski definition) is 2. The largest absolute Gasteiger partial charge is 0.440 e. The normalized spacial score (nSPS) is 10.6. The fraction of sp³-hybridized carbons (Fsp3) is 0.176. The minimum Gasteiger partial charge on any atom is -0.440 e. The predicted molar refractivity (Wildman–Crippen MR) is 96.7 cm³/mol. The number of hydrogen-bond acceptors (Lipinski definition) is 4.